The van der Waals surface area contributed by atoms with Crippen molar-refractivity contribution in [3.8, 4) is 5.75 Å². The number of rotatable bonds is 4. The van der Waals surface area contributed by atoms with E-state index >= 15 is 0 Å². The van der Waals surface area contributed by atoms with Gasteiger partial charge in [-0.3, -0.25) is 4.79 Å². The third kappa shape index (κ3) is 3.81. The van der Waals surface area contributed by atoms with E-state index in [0.29, 0.717) is 6.07 Å². The quantitative estimate of drug-likeness (QED) is 0.863. The van der Waals surface area contributed by atoms with Gasteiger partial charge in [0.1, 0.15) is 4.90 Å². The Bertz CT molecular complexity index is 847. The summed E-state index contributed by atoms with van der Waals surface area (Å²) in [5.41, 5.74) is 3.75. The van der Waals surface area contributed by atoms with Crippen LogP contribution in [-0.2, 0) is 16.3 Å². The van der Waals surface area contributed by atoms with E-state index in [1.807, 2.05) is 0 Å². The van der Waals surface area contributed by atoms with Crippen LogP contribution in [0.1, 0.15) is 15.9 Å². The van der Waals surface area contributed by atoms with Crippen molar-refractivity contribution in [1.29, 1.82) is 0 Å². The summed E-state index contributed by atoms with van der Waals surface area (Å²) in [5.74, 6) is -1.29. The lowest BCUT2D eigenvalue weighted by atomic mass is 10.2. The number of hydrogen-bond donors (Lipinski definition) is 1. The van der Waals surface area contributed by atoms with Gasteiger partial charge < -0.3 is 9.92 Å². The van der Waals surface area contributed by atoms with Crippen molar-refractivity contribution >= 4 is 16.0 Å². The standard InChI is InChI=1S/C14H10F3NO4S/c15-14(16,17)9-4-3-5-10(8-9)23(20,21)22-12-7-2-1-6-11(12)13(18)19/h1-8H,(H2,18,19). The summed E-state index contributed by atoms with van der Waals surface area (Å²) in [6, 6.07) is 8.31. The minimum atomic E-state index is -4.70. The van der Waals surface area contributed by atoms with Gasteiger partial charge >= 0.3 is 16.3 Å². The molecular formula is C14H10F3NO4S. The molecule has 0 fully saturated rings. The minimum Gasteiger partial charge on any atom is -0.378 e. The molecule has 9 heteroatoms. The van der Waals surface area contributed by atoms with Crippen molar-refractivity contribution < 1.29 is 30.6 Å². The molecule has 0 atom stereocenters. The Morgan fingerprint density at radius 3 is 2.30 bits per heavy atom. The summed E-state index contributed by atoms with van der Waals surface area (Å²) < 4.78 is 66.9. The molecule has 0 heterocycles. The number of hydrogen-bond acceptors (Lipinski definition) is 4. The van der Waals surface area contributed by atoms with Gasteiger partial charge in [0.05, 0.1) is 11.1 Å². The van der Waals surface area contributed by atoms with Gasteiger partial charge in [0.2, 0.25) is 0 Å². The lowest BCUT2D eigenvalue weighted by Gasteiger charge is -2.11. The maximum atomic E-state index is 12.7. The summed E-state index contributed by atoms with van der Waals surface area (Å²) in [5, 5.41) is 0. The number of carbonyl (C=O) groups is 1. The van der Waals surface area contributed by atoms with E-state index in [2.05, 4.69) is 0 Å². The van der Waals surface area contributed by atoms with Gasteiger partial charge in [0.25, 0.3) is 5.91 Å². The highest BCUT2D eigenvalue weighted by Crippen LogP contribution is 2.31. The molecule has 0 radical (unpaired) electrons. The first-order chi connectivity index (χ1) is 10.6. The zero-order valence-electron chi connectivity index (χ0n) is 11.4. The molecule has 2 N–H and O–H groups in total. The third-order valence-electron chi connectivity index (χ3n) is 2.80. The van der Waals surface area contributed by atoms with Crippen molar-refractivity contribution in [1.82, 2.24) is 0 Å². The van der Waals surface area contributed by atoms with Crippen LogP contribution in [0.4, 0.5) is 13.2 Å². The Kier molecular flexibility index (Phi) is 4.33. The molecule has 0 aliphatic rings. The molecule has 2 rings (SSSR count). The highest BCUT2D eigenvalue weighted by Gasteiger charge is 2.32. The predicted molar refractivity (Wildman–Crippen MR) is 74.2 cm³/mol. The molecule has 2 aromatic carbocycles. The molecule has 2 aromatic rings. The number of primary amides is 1. The lowest BCUT2D eigenvalue weighted by molar-refractivity contribution is -0.137. The fraction of sp³-hybridized carbons (Fsp3) is 0.0714. The summed E-state index contributed by atoms with van der Waals surface area (Å²) in [6.07, 6.45) is -4.70. The van der Waals surface area contributed by atoms with Crippen LogP contribution in [0.15, 0.2) is 53.4 Å². The number of carbonyl (C=O) groups excluding carboxylic acids is 1. The maximum absolute atomic E-state index is 12.7. The van der Waals surface area contributed by atoms with Gasteiger partial charge in [0, 0.05) is 0 Å². The second kappa shape index (κ2) is 5.92. The SMILES string of the molecule is NC(=O)c1ccccc1OS(=O)(=O)c1cccc(C(F)(F)F)c1. The summed E-state index contributed by atoms with van der Waals surface area (Å²) in [6.45, 7) is 0. The van der Waals surface area contributed by atoms with Gasteiger partial charge in [0.15, 0.2) is 5.75 Å². The molecule has 0 bridgehead atoms. The molecule has 122 valence electrons. The van der Waals surface area contributed by atoms with Gasteiger partial charge in [-0.2, -0.15) is 21.6 Å². The zero-order valence-corrected chi connectivity index (χ0v) is 12.2. The average molecular weight is 345 g/mol. The van der Waals surface area contributed by atoms with Crippen molar-refractivity contribution in [2.45, 2.75) is 11.1 Å². The summed E-state index contributed by atoms with van der Waals surface area (Å²) in [7, 11) is -4.56. The van der Waals surface area contributed by atoms with Crippen molar-refractivity contribution in [3.05, 3.63) is 59.7 Å². The monoisotopic (exact) mass is 345 g/mol. The van der Waals surface area contributed by atoms with Crippen LogP contribution < -0.4 is 9.92 Å². The lowest BCUT2D eigenvalue weighted by Crippen LogP contribution is -2.16. The highest BCUT2D eigenvalue weighted by molar-refractivity contribution is 7.87. The molecule has 1 amide bonds. The number of halogens is 3. The first-order valence-electron chi connectivity index (χ1n) is 6.12. The summed E-state index contributed by atoms with van der Waals surface area (Å²) >= 11 is 0. The van der Waals surface area contributed by atoms with E-state index in [9.17, 15) is 26.4 Å². The number of nitrogens with two attached hydrogens (primary N) is 1. The predicted octanol–water partition coefficient (Wildman–Crippen LogP) is 2.57. The van der Waals surface area contributed by atoms with Gasteiger partial charge in [-0.05, 0) is 30.3 Å². The smallest absolute Gasteiger partial charge is 0.378 e. The fourth-order valence-corrected chi connectivity index (χ4v) is 2.73. The van der Waals surface area contributed by atoms with Gasteiger partial charge in [-0.1, -0.05) is 18.2 Å². The average Bonchev–Trinajstić information content (AvgIpc) is 2.46. The molecule has 0 aliphatic heterocycles. The minimum absolute atomic E-state index is 0.206. The molecule has 0 saturated carbocycles. The molecule has 0 spiro atoms. The van der Waals surface area contributed by atoms with Gasteiger partial charge in [-0.25, -0.2) is 0 Å². The van der Waals surface area contributed by atoms with Crippen molar-refractivity contribution in [2.75, 3.05) is 0 Å². The van der Waals surface area contributed by atoms with Crippen molar-refractivity contribution in [3.63, 3.8) is 0 Å². The number of alkyl halides is 3. The molecule has 0 unspecified atom stereocenters. The van der Waals surface area contributed by atoms with Crippen LogP contribution >= 0.6 is 0 Å². The Hall–Kier alpha value is -2.55. The van der Waals surface area contributed by atoms with E-state index in [1.165, 1.54) is 24.3 Å². The molecular weight excluding hydrogens is 335 g/mol. The summed E-state index contributed by atoms with van der Waals surface area (Å²) in [4.78, 5) is 10.5. The van der Waals surface area contributed by atoms with E-state index in [4.69, 9.17) is 9.92 Å². The first-order valence-corrected chi connectivity index (χ1v) is 7.52. The Morgan fingerprint density at radius 1 is 1.04 bits per heavy atom. The third-order valence-corrected chi connectivity index (χ3v) is 4.03. The second-order valence-corrected chi connectivity index (χ2v) is 5.97. The second-order valence-electron chi connectivity index (χ2n) is 4.42. The maximum Gasteiger partial charge on any atom is 0.416 e. The highest BCUT2D eigenvalue weighted by atomic mass is 32.2. The molecule has 0 aromatic heterocycles. The van der Waals surface area contributed by atoms with E-state index in [1.54, 1.807) is 0 Å². The number of para-hydroxylation sites is 1. The van der Waals surface area contributed by atoms with E-state index in [0.717, 1.165) is 18.2 Å². The van der Waals surface area contributed by atoms with E-state index in [-0.39, 0.29) is 11.3 Å². The van der Waals surface area contributed by atoms with E-state index < -0.39 is 32.7 Å². The molecule has 5 nitrogen and oxygen atoms in total. The van der Waals surface area contributed by atoms with Crippen LogP contribution in [0.5, 0.6) is 5.75 Å². The number of benzene rings is 2. The largest absolute Gasteiger partial charge is 0.416 e. The van der Waals surface area contributed by atoms with Crippen molar-refractivity contribution in [2.24, 2.45) is 5.73 Å². The molecule has 0 saturated heterocycles. The molecule has 0 aliphatic carbocycles. The normalized spacial score (nSPS) is 12.0. The Labute approximate surface area is 129 Å². The van der Waals surface area contributed by atoms with Crippen LogP contribution in [0.3, 0.4) is 0 Å². The Morgan fingerprint density at radius 2 is 1.70 bits per heavy atom. The zero-order chi connectivity index (χ0) is 17.3. The van der Waals surface area contributed by atoms with Crippen LogP contribution in [-0.4, -0.2) is 14.3 Å². The Balaban J connectivity index is 2.43. The number of amides is 1. The topological polar surface area (TPSA) is 86.5 Å². The van der Waals surface area contributed by atoms with Crippen LogP contribution in [0.25, 0.3) is 0 Å². The van der Waals surface area contributed by atoms with Crippen LogP contribution in [0.2, 0.25) is 0 Å². The fourth-order valence-electron chi connectivity index (χ4n) is 1.74. The molecule has 23 heavy (non-hydrogen) atoms. The first kappa shape index (κ1) is 16.8. The van der Waals surface area contributed by atoms with Crippen LogP contribution in [0, 0.1) is 0 Å². The van der Waals surface area contributed by atoms with Gasteiger partial charge in [-0.15, -0.1) is 0 Å².